The van der Waals surface area contributed by atoms with Crippen molar-refractivity contribution in [3.63, 3.8) is 0 Å². The Morgan fingerprint density at radius 1 is 1.30 bits per heavy atom. The number of esters is 1. The fourth-order valence-electron chi connectivity index (χ4n) is 2.76. The second-order valence-electron chi connectivity index (χ2n) is 8.02. The van der Waals surface area contributed by atoms with Crippen molar-refractivity contribution in [2.24, 2.45) is 0 Å². The lowest BCUT2D eigenvalue weighted by Crippen LogP contribution is -2.37. The van der Waals surface area contributed by atoms with E-state index in [0.29, 0.717) is 24.5 Å². The van der Waals surface area contributed by atoms with Crippen LogP contribution < -0.4 is 4.90 Å². The summed E-state index contributed by atoms with van der Waals surface area (Å²) in [5.41, 5.74) is -0.161. The molecule has 1 unspecified atom stereocenters. The van der Waals surface area contributed by atoms with Gasteiger partial charge in [0.25, 0.3) is 0 Å². The van der Waals surface area contributed by atoms with Crippen LogP contribution in [0.5, 0.6) is 0 Å². The maximum Gasteiger partial charge on any atom is 0.329 e. The smallest absolute Gasteiger partial charge is 0.329 e. The molecule has 0 aliphatic carbocycles. The first-order chi connectivity index (χ1) is 14.1. The molecule has 2 heterocycles. The number of likely N-dealkylation sites (N-methyl/N-ethyl adjacent to an activating group) is 1. The van der Waals surface area contributed by atoms with Crippen molar-refractivity contribution < 1.29 is 14.3 Å². The van der Waals surface area contributed by atoms with Crippen molar-refractivity contribution in [1.82, 2.24) is 15.1 Å². The third-order valence-electron chi connectivity index (χ3n) is 4.39. The Morgan fingerprint density at radius 3 is 2.63 bits per heavy atom. The van der Waals surface area contributed by atoms with Gasteiger partial charge in [-0.1, -0.05) is 32.1 Å². The van der Waals surface area contributed by atoms with Crippen molar-refractivity contribution in [2.45, 2.75) is 50.2 Å². The summed E-state index contributed by atoms with van der Waals surface area (Å²) in [4.78, 5) is 29.1. The number of rotatable bonds is 7. The molecule has 1 fully saturated rings. The summed E-state index contributed by atoms with van der Waals surface area (Å²) in [6.07, 6.45) is 0.335. The van der Waals surface area contributed by atoms with Crippen LogP contribution in [0.3, 0.4) is 0 Å². The molecular weight excluding hydrogens is 535 g/mol. The molecule has 2 aromatic rings. The molecule has 2 amide bonds. The molecule has 1 aliphatic heterocycles. The van der Waals surface area contributed by atoms with E-state index in [1.807, 2.05) is 20.8 Å². The summed E-state index contributed by atoms with van der Waals surface area (Å²) in [7, 11) is 1.69. The topological polar surface area (TPSA) is 75.6 Å². The maximum atomic E-state index is 12.6. The van der Waals surface area contributed by atoms with Gasteiger partial charge in [-0.05, 0) is 59.0 Å². The first-order valence-electron chi connectivity index (χ1n) is 9.61. The number of hydrogen-bond acceptors (Lipinski definition) is 7. The van der Waals surface area contributed by atoms with Crippen molar-refractivity contribution in [1.29, 1.82) is 0 Å². The van der Waals surface area contributed by atoms with Gasteiger partial charge in [-0.25, -0.2) is 9.69 Å². The number of aromatic nitrogens is 2. The average molecular weight is 560 g/mol. The molecule has 162 valence electrons. The van der Waals surface area contributed by atoms with Gasteiger partial charge in [0.15, 0.2) is 0 Å². The van der Waals surface area contributed by atoms with Gasteiger partial charge in [-0.15, -0.1) is 22.0 Å². The summed E-state index contributed by atoms with van der Waals surface area (Å²) in [6, 6.07) is 8.06. The van der Waals surface area contributed by atoms with Crippen LogP contribution >= 0.6 is 45.7 Å². The van der Waals surface area contributed by atoms with Gasteiger partial charge in [-0.3, -0.25) is 4.79 Å². The zero-order chi connectivity index (χ0) is 21.9. The van der Waals surface area contributed by atoms with Gasteiger partial charge < -0.3 is 9.64 Å². The van der Waals surface area contributed by atoms with Gasteiger partial charge in [0.05, 0.1) is 6.54 Å². The summed E-state index contributed by atoms with van der Waals surface area (Å²) < 4.78 is 6.84. The fourth-order valence-corrected chi connectivity index (χ4v) is 4.91. The summed E-state index contributed by atoms with van der Waals surface area (Å²) in [5.74, 6) is 0.519. The number of hydrogen-bond donors (Lipinski definition) is 0. The van der Waals surface area contributed by atoms with Gasteiger partial charge in [0, 0.05) is 27.3 Å². The predicted octanol–water partition coefficient (Wildman–Crippen LogP) is 4.75. The number of carbonyl (C=O) groups is 2. The zero-order valence-corrected chi connectivity index (χ0v) is 21.2. The number of thioether (sulfide) groups is 1. The van der Waals surface area contributed by atoms with E-state index in [4.69, 9.17) is 4.74 Å². The van der Waals surface area contributed by atoms with E-state index >= 15 is 0 Å². The van der Waals surface area contributed by atoms with E-state index in [0.717, 1.165) is 10.8 Å². The second-order valence-corrected chi connectivity index (χ2v) is 11.4. The molecule has 0 radical (unpaired) electrons. The van der Waals surface area contributed by atoms with Gasteiger partial charge in [0.1, 0.15) is 5.01 Å². The van der Waals surface area contributed by atoms with Crippen molar-refractivity contribution in [3.05, 3.63) is 32.8 Å². The predicted molar refractivity (Wildman–Crippen MR) is 128 cm³/mol. The molecule has 0 saturated carbocycles. The Morgan fingerprint density at radius 2 is 2.00 bits per heavy atom. The van der Waals surface area contributed by atoms with Crippen LogP contribution in [-0.2, 0) is 14.9 Å². The molecule has 0 bridgehead atoms. The van der Waals surface area contributed by atoms with E-state index in [1.165, 1.54) is 29.6 Å². The molecule has 10 heteroatoms. The number of amides is 2. The molecule has 1 aromatic carbocycles. The lowest BCUT2D eigenvalue weighted by atomic mass is 9.98. The van der Waals surface area contributed by atoms with Crippen LogP contribution in [0.1, 0.15) is 38.6 Å². The van der Waals surface area contributed by atoms with Crippen molar-refractivity contribution in [3.8, 4) is 0 Å². The molecule has 3 rings (SSSR count). The van der Waals surface area contributed by atoms with E-state index in [1.54, 1.807) is 18.8 Å². The maximum absolute atomic E-state index is 12.6. The van der Waals surface area contributed by atoms with Crippen LogP contribution in [0, 0.1) is 3.57 Å². The normalized spacial score (nSPS) is 17.0. The molecular formula is C20H25IN4O3S2. The minimum atomic E-state index is -0.681. The zero-order valence-electron chi connectivity index (χ0n) is 17.4. The third kappa shape index (κ3) is 5.85. The number of urea groups is 1. The Balaban J connectivity index is 1.54. The molecule has 0 spiro atoms. The SMILES string of the molecule is CN1CC(OC(=O)CCCSc2ccc(I)cc2)N(c2nnc(C(C)(C)C)s2)C1=O. The highest BCUT2D eigenvalue weighted by atomic mass is 127. The number of benzene rings is 1. The van der Waals surface area contributed by atoms with Crippen LogP contribution in [0.15, 0.2) is 29.2 Å². The molecule has 1 aliphatic rings. The Kier molecular flexibility index (Phi) is 7.61. The average Bonchev–Trinajstić information content (AvgIpc) is 3.25. The minimum absolute atomic E-state index is 0.161. The first kappa shape index (κ1) is 23.3. The summed E-state index contributed by atoms with van der Waals surface area (Å²) in [5, 5.41) is 9.68. The number of halogens is 1. The van der Waals surface area contributed by atoms with Gasteiger partial charge >= 0.3 is 12.0 Å². The number of nitrogens with zero attached hydrogens (tertiary/aromatic N) is 4. The molecule has 1 atom stereocenters. The van der Waals surface area contributed by atoms with Gasteiger partial charge in [-0.2, -0.15) is 0 Å². The van der Waals surface area contributed by atoms with Crippen LogP contribution in [0.25, 0.3) is 0 Å². The standard InChI is InChI=1S/C20H25IN4O3S2/c1-20(2,3)17-22-23-18(30-17)25-15(12-24(4)19(25)27)28-16(26)6-5-11-29-14-9-7-13(21)8-10-14/h7-10,15H,5-6,11-12H2,1-4H3. The quantitative estimate of drug-likeness (QED) is 0.211. The number of ether oxygens (including phenoxy) is 1. The molecule has 7 nitrogen and oxygen atoms in total. The number of carbonyl (C=O) groups excluding carboxylic acids is 2. The highest BCUT2D eigenvalue weighted by Gasteiger charge is 2.41. The fraction of sp³-hybridized carbons (Fsp3) is 0.500. The largest absolute Gasteiger partial charge is 0.439 e. The van der Waals surface area contributed by atoms with Crippen molar-refractivity contribution >= 4 is 62.8 Å². The lowest BCUT2D eigenvalue weighted by molar-refractivity contribution is -0.148. The molecule has 1 aromatic heterocycles. The van der Waals surface area contributed by atoms with Gasteiger partial charge in [0.2, 0.25) is 11.4 Å². The monoisotopic (exact) mass is 560 g/mol. The van der Waals surface area contributed by atoms with Crippen molar-refractivity contribution in [2.75, 3.05) is 24.2 Å². The Labute approximate surface area is 198 Å². The third-order valence-corrected chi connectivity index (χ3v) is 7.55. The molecule has 1 saturated heterocycles. The van der Waals surface area contributed by atoms with E-state index in [9.17, 15) is 9.59 Å². The minimum Gasteiger partial charge on any atom is -0.439 e. The second kappa shape index (κ2) is 9.82. The van der Waals surface area contributed by atoms with E-state index in [2.05, 4.69) is 57.1 Å². The van der Waals surface area contributed by atoms with Crippen LogP contribution in [0.2, 0.25) is 0 Å². The Bertz CT molecular complexity index is 898. The molecule has 0 N–H and O–H groups in total. The highest BCUT2D eigenvalue weighted by molar-refractivity contribution is 14.1. The number of anilines is 1. The first-order valence-corrected chi connectivity index (χ1v) is 12.5. The van der Waals surface area contributed by atoms with Crippen LogP contribution in [-0.4, -0.2) is 52.7 Å². The highest BCUT2D eigenvalue weighted by Crippen LogP contribution is 2.33. The summed E-state index contributed by atoms with van der Waals surface area (Å²) >= 11 is 5.35. The van der Waals surface area contributed by atoms with Crippen LogP contribution in [0.4, 0.5) is 9.93 Å². The van der Waals surface area contributed by atoms with E-state index < -0.39 is 6.23 Å². The Hall–Kier alpha value is -1.40. The lowest BCUT2D eigenvalue weighted by Gasteiger charge is -2.20. The summed E-state index contributed by atoms with van der Waals surface area (Å²) in [6.45, 7) is 6.44. The van der Waals surface area contributed by atoms with E-state index in [-0.39, 0.29) is 17.4 Å². The molecule has 30 heavy (non-hydrogen) atoms.